The van der Waals surface area contributed by atoms with Crippen LogP contribution >= 0.6 is 77.2 Å². The standard InChI is InChI=1S/2C19H16.4C8H10O2.3C2H5NO2.3C2H3NO.CH4.I3.2HI.H2O.V.4W/c2*1-4-10-16(11-5-1)19(17-12-6-2-7-13-17)18-14-8-3-9-15-18;4*9-8(10)7-4-5-1-2-6(7)3-5;3*1-3-2(4)5;1-4-2-3;2*1-3-2-4;;1-3-2;;;;;;;;/h2*1-15,19H;4*1-2,5-7H,3-4H2,(H,9,10);3*3H,1H3,(H,4,5);3*1H3;1H4;;2*1H;1H2;;;;;/q;;;;;;;;;;;;;-1;;;;+2;;;;/p-2. The number of nitrogens with zero attached hydrogens (tertiary/aromatic N) is 3. The molecule has 637 valence electrons. The van der Waals surface area contributed by atoms with Gasteiger partial charge in [-0.1, -0.05) is 238 Å². The molecular weight excluding hydrogens is 2790 g/mol. The van der Waals surface area contributed by atoms with Crippen molar-refractivity contribution in [3.63, 3.8) is 0 Å². The second-order valence-electron chi connectivity index (χ2n) is 24.9. The van der Waals surface area contributed by atoms with Gasteiger partial charge in [0.05, 0.1) is 30.8 Å². The van der Waals surface area contributed by atoms with Gasteiger partial charge in [0.15, 0.2) is 0 Å². The van der Waals surface area contributed by atoms with Gasteiger partial charge in [0.1, 0.15) is 0 Å². The normalized spacial score (nSPS) is 19.6. The average Bonchev–Trinajstić information content (AvgIpc) is 1.19. The Morgan fingerprint density at radius 3 is 0.607 bits per heavy atom. The van der Waals surface area contributed by atoms with Gasteiger partial charge < -0.3 is 61.9 Å². The fraction of sp³-hybridized carbons (Fsp3) is 0.349. The Morgan fingerprint density at radius 1 is 0.402 bits per heavy atom. The van der Waals surface area contributed by atoms with Gasteiger partial charge in [0, 0.05) is 131 Å². The molecule has 4 saturated carbocycles. The second-order valence-corrected chi connectivity index (χ2v) is 53.0. The van der Waals surface area contributed by atoms with E-state index in [-0.39, 0.29) is 121 Å². The number of isocyanates is 2. The molecule has 0 heterocycles. The molecular formula is C83H102I5N6O18VW4-. The van der Waals surface area contributed by atoms with Crippen LogP contribution in [0.25, 0.3) is 0 Å². The monoisotopic (exact) mass is 2890 g/mol. The topological polar surface area (TPSA) is 421 Å². The number of halogens is 5. The number of aliphatic imine (C=N–C) groups is 2. The van der Waals surface area contributed by atoms with Gasteiger partial charge in [-0.3, -0.25) is 19.2 Å². The van der Waals surface area contributed by atoms with Crippen LogP contribution in [0.2, 0.25) is 0 Å². The fourth-order valence-electron chi connectivity index (χ4n) is 13.3. The number of ether oxygens (including phenoxy) is 1. The Morgan fingerprint density at radius 2 is 0.538 bits per heavy atom. The second kappa shape index (κ2) is 75.9. The number of rotatable bonds is 10. The summed E-state index contributed by atoms with van der Waals surface area (Å²) in [6.07, 6.45) is 25.7. The van der Waals surface area contributed by atoms with Crippen molar-refractivity contribution < 1.29 is 196 Å². The van der Waals surface area contributed by atoms with E-state index in [9.17, 15) is 33.6 Å². The molecule has 4 fully saturated rings. The molecule has 14 rings (SSSR count). The van der Waals surface area contributed by atoms with E-state index in [1.807, 2.05) is 16.0 Å². The average molecular weight is 2890 g/mol. The first-order valence-corrected chi connectivity index (χ1v) is 56.3. The van der Waals surface area contributed by atoms with Gasteiger partial charge >= 0.3 is 142 Å². The van der Waals surface area contributed by atoms with Crippen LogP contribution in [0.4, 0.5) is 14.4 Å². The molecule has 0 radical (unpaired) electrons. The zero-order valence-electron chi connectivity index (χ0n) is 64.2. The molecule has 24 nitrogen and oxygen atoms in total. The number of nitrogens with one attached hydrogen (secondary N) is 3. The minimum Gasteiger partial charge on any atom is -0.0622 e. The van der Waals surface area contributed by atoms with E-state index >= 15 is 0 Å². The first-order valence-electron chi connectivity index (χ1n) is 34.7. The number of amides is 3. The number of fused-ring (bicyclic) bond motifs is 8. The number of carboxylic acid groups (broad SMARTS) is 7. The molecule has 12 atom stereocenters. The molecule has 8 aliphatic rings. The van der Waals surface area contributed by atoms with Gasteiger partial charge in [0.2, 0.25) is 12.2 Å². The van der Waals surface area contributed by atoms with Crippen LogP contribution in [0.5, 0.6) is 0 Å². The molecule has 0 aromatic heterocycles. The molecule has 6 aromatic rings. The number of carbonyl (C=O) groups is 7. The third-order valence-corrected chi connectivity index (χ3v) is 18.1. The van der Waals surface area contributed by atoms with Crippen molar-refractivity contribution in [1.29, 1.82) is 5.26 Å². The quantitative estimate of drug-likeness (QED) is 0.0152. The van der Waals surface area contributed by atoms with Crippen molar-refractivity contribution in [1.82, 2.24) is 16.0 Å². The summed E-state index contributed by atoms with van der Waals surface area (Å²) in [7, 11) is 8.76. The summed E-state index contributed by atoms with van der Waals surface area (Å²) in [5, 5.41) is 70.9. The van der Waals surface area contributed by atoms with Crippen molar-refractivity contribution in [3.8, 4) is 6.26 Å². The van der Waals surface area contributed by atoms with Crippen LogP contribution in [-0.4, -0.2) is 138 Å². The maximum atomic E-state index is 10.6. The molecule has 8 aliphatic carbocycles. The Hall–Kier alpha value is -5.03. The number of allylic oxidation sites excluding steroid dienone is 8. The minimum absolute atomic E-state index is 0. The van der Waals surface area contributed by atoms with Gasteiger partial charge in [-0.15, -0.1) is 0 Å². The summed E-state index contributed by atoms with van der Waals surface area (Å²) in [5.74, 6) is 1.56. The molecule has 6 aromatic carbocycles. The summed E-state index contributed by atoms with van der Waals surface area (Å²) in [6, 6.07) is 64.0. The van der Waals surface area contributed by atoms with E-state index in [4.69, 9.17) is 50.6 Å². The maximum Gasteiger partial charge on any atom is 0.0339 e. The third kappa shape index (κ3) is 51.5. The molecule has 0 aliphatic heterocycles. The van der Waals surface area contributed by atoms with Crippen LogP contribution in [0.3, 0.4) is 0 Å². The Bertz CT molecular complexity index is 3420. The first kappa shape index (κ1) is 123. The van der Waals surface area contributed by atoms with Crippen LogP contribution in [0.15, 0.2) is 241 Å². The maximum absolute atomic E-state index is 10.6. The first-order chi connectivity index (χ1) is 53.4. The summed E-state index contributed by atoms with van der Waals surface area (Å²) in [6.45, 7) is 0. The molecule has 0 saturated heterocycles. The van der Waals surface area contributed by atoms with Crippen LogP contribution < -0.4 is 29.2 Å². The zero-order chi connectivity index (χ0) is 82.9. The van der Waals surface area contributed by atoms with Crippen molar-refractivity contribution in [3.05, 3.63) is 264 Å². The number of aliphatic carboxylic acids is 4. The van der Waals surface area contributed by atoms with Crippen LogP contribution in [-0.2, 0) is 127 Å². The summed E-state index contributed by atoms with van der Waals surface area (Å²) in [4.78, 5) is 93.6. The van der Waals surface area contributed by atoms with Crippen molar-refractivity contribution >= 4 is 132 Å². The number of carboxylic acids is 4. The Kier molecular flexibility index (Phi) is 79.7. The molecule has 8 bridgehead atoms. The SMILES string of the molecule is C.CN=C=O.CN=C=O.CNC(=O)O.CNC(=O)O.CNC(=O)O.COC#N.I[I-]I.O.O=C(O)C1CC2C=CC1C2.O=C(O)C1CC2C=CC1C2.O=C(O)C1CC2C=CC1C2.O=C(O)C1CC2C=CC1C2.[I][V][I].[W].[W].[W].[W].c1ccc(C(c2ccccc2)c2ccccc2)cc1.c1ccc(C(c2ccccc2)c2ccccc2)cc1. The Labute approximate surface area is 802 Å². The van der Waals surface area contributed by atoms with Crippen molar-refractivity contribution in [2.24, 2.45) is 81.0 Å². The molecule has 0 spiro atoms. The summed E-state index contributed by atoms with van der Waals surface area (Å²) in [5.41, 5.74) is 8.00. The predicted octanol–water partition coefficient (Wildman–Crippen LogP) is 14.9. The smallest absolute Gasteiger partial charge is 0.0339 e. The van der Waals surface area contributed by atoms with E-state index in [1.165, 1.54) is 94.1 Å². The largest absolute Gasteiger partial charge is 0.0622 e. The third-order valence-electron chi connectivity index (χ3n) is 18.1. The van der Waals surface area contributed by atoms with E-state index in [2.05, 4.69) is 323 Å². The number of hydrogen-bond acceptors (Lipinski definition) is 13. The van der Waals surface area contributed by atoms with Crippen LogP contribution in [0.1, 0.15) is 104 Å². The fourth-order valence-corrected chi connectivity index (χ4v) is 13.3. The zero-order valence-corrected chi connectivity index (χ0v) is 88.1. The minimum atomic E-state index is -0.995. The predicted molar refractivity (Wildman–Crippen MR) is 465 cm³/mol. The number of methoxy groups -OCH3 is 1. The summed E-state index contributed by atoms with van der Waals surface area (Å²) < 4.78 is 3.85. The molecule has 117 heavy (non-hydrogen) atoms. The Balaban J connectivity index is -0.000000295. The van der Waals surface area contributed by atoms with Crippen molar-refractivity contribution in [2.45, 2.75) is 70.6 Å². The molecule has 12 unspecified atom stereocenters. The van der Waals surface area contributed by atoms with E-state index in [0.29, 0.717) is 81.9 Å². The number of hydrogen-bond donors (Lipinski definition) is 10. The van der Waals surface area contributed by atoms with Gasteiger partial charge in [-0.2, -0.15) is 5.26 Å². The van der Waals surface area contributed by atoms with Crippen LogP contribution in [0, 0.1) is 82.5 Å². The molecule has 12 N–H and O–H groups in total. The van der Waals surface area contributed by atoms with Crippen molar-refractivity contribution in [2.75, 3.05) is 42.3 Å². The van der Waals surface area contributed by atoms with E-state index in [0.717, 1.165) is 51.4 Å². The number of carbonyl (C=O) groups excluding carboxylic acids is 2. The van der Waals surface area contributed by atoms with Gasteiger partial charge in [-0.25, -0.2) is 34.0 Å². The van der Waals surface area contributed by atoms with Gasteiger partial charge in [-0.05, 0) is 132 Å². The van der Waals surface area contributed by atoms with Gasteiger partial charge in [0.25, 0.3) is 6.26 Å². The van der Waals surface area contributed by atoms with E-state index in [1.54, 1.807) is 0 Å². The molecule has 34 heteroatoms. The number of benzene rings is 6. The molecule has 3 amide bonds. The summed E-state index contributed by atoms with van der Waals surface area (Å²) >= 11 is 10.0. The van der Waals surface area contributed by atoms with E-state index < -0.39 is 42.2 Å². The number of nitriles is 1.